The van der Waals surface area contributed by atoms with Gasteiger partial charge in [-0.25, -0.2) is 9.97 Å². The van der Waals surface area contributed by atoms with Crippen molar-refractivity contribution in [2.75, 3.05) is 5.32 Å². The van der Waals surface area contributed by atoms with Gasteiger partial charge in [0.05, 0.1) is 18.0 Å². The second kappa shape index (κ2) is 8.13. The van der Waals surface area contributed by atoms with Gasteiger partial charge in [-0.2, -0.15) is 0 Å². The molecule has 0 atom stereocenters. The number of benzene rings is 3. The first-order chi connectivity index (χ1) is 15.2. The standard InChI is InChI=1S/C26H21N3O2/c30-16-17-11-13-21-20(15-17)12-14-22-24(21)28-23(18-7-3-1-4-8-18)25(27-22)29-26(31)19-9-5-2-6-10-19/h1-11,13,15,30H,12,14,16H2,(H,27,29,31). The Hall–Kier alpha value is -3.83. The van der Waals surface area contributed by atoms with Gasteiger partial charge in [-0.15, -0.1) is 0 Å². The van der Waals surface area contributed by atoms with Gasteiger partial charge in [0.15, 0.2) is 5.82 Å². The van der Waals surface area contributed by atoms with Crippen molar-refractivity contribution in [3.8, 4) is 22.5 Å². The monoisotopic (exact) mass is 407 g/mol. The third-order valence-electron chi connectivity index (χ3n) is 5.52. The fraction of sp³-hybridized carbons (Fsp3) is 0.115. The number of aromatic nitrogens is 2. The molecule has 0 saturated heterocycles. The van der Waals surface area contributed by atoms with Crippen LogP contribution in [-0.4, -0.2) is 21.0 Å². The Morgan fingerprint density at radius 1 is 0.871 bits per heavy atom. The Morgan fingerprint density at radius 2 is 1.61 bits per heavy atom. The molecule has 5 heteroatoms. The van der Waals surface area contributed by atoms with E-state index in [0.717, 1.165) is 46.5 Å². The minimum Gasteiger partial charge on any atom is -0.392 e. The minimum absolute atomic E-state index is 0.0194. The van der Waals surface area contributed by atoms with Crippen LogP contribution in [0.4, 0.5) is 5.82 Å². The molecular formula is C26H21N3O2. The lowest BCUT2D eigenvalue weighted by Crippen LogP contribution is -2.17. The van der Waals surface area contributed by atoms with Crippen LogP contribution in [0.3, 0.4) is 0 Å². The SMILES string of the molecule is O=C(Nc1nc2c(nc1-c1ccccc1)-c1ccc(CO)cc1CC2)c1ccccc1. The molecule has 0 saturated carbocycles. The zero-order valence-corrected chi connectivity index (χ0v) is 16.9. The Bertz CT molecular complexity index is 1250. The number of nitrogens with zero attached hydrogens (tertiary/aromatic N) is 2. The van der Waals surface area contributed by atoms with Gasteiger partial charge < -0.3 is 10.4 Å². The van der Waals surface area contributed by atoms with E-state index < -0.39 is 0 Å². The summed E-state index contributed by atoms with van der Waals surface area (Å²) in [5, 5.41) is 12.4. The quantitative estimate of drug-likeness (QED) is 0.516. The van der Waals surface area contributed by atoms with Gasteiger partial charge in [-0.3, -0.25) is 4.79 Å². The third-order valence-corrected chi connectivity index (χ3v) is 5.52. The topological polar surface area (TPSA) is 75.1 Å². The van der Waals surface area contributed by atoms with Crippen molar-refractivity contribution in [3.63, 3.8) is 0 Å². The molecular weight excluding hydrogens is 386 g/mol. The van der Waals surface area contributed by atoms with Crippen LogP contribution in [-0.2, 0) is 19.4 Å². The molecule has 5 rings (SSSR count). The van der Waals surface area contributed by atoms with Gasteiger partial charge in [0, 0.05) is 16.7 Å². The summed E-state index contributed by atoms with van der Waals surface area (Å²) < 4.78 is 0. The van der Waals surface area contributed by atoms with Gasteiger partial charge in [-0.05, 0) is 36.1 Å². The maximum Gasteiger partial charge on any atom is 0.256 e. The van der Waals surface area contributed by atoms with Crippen molar-refractivity contribution < 1.29 is 9.90 Å². The van der Waals surface area contributed by atoms with Crippen molar-refractivity contribution in [3.05, 3.63) is 101 Å². The number of hydrogen-bond acceptors (Lipinski definition) is 4. The molecule has 152 valence electrons. The van der Waals surface area contributed by atoms with Crippen LogP contribution in [0.1, 0.15) is 27.2 Å². The number of aliphatic hydroxyl groups is 1. The highest BCUT2D eigenvalue weighted by Crippen LogP contribution is 2.36. The van der Waals surface area contributed by atoms with E-state index in [4.69, 9.17) is 9.97 Å². The molecule has 0 spiro atoms. The zero-order valence-electron chi connectivity index (χ0n) is 16.9. The number of rotatable bonds is 4. The summed E-state index contributed by atoms with van der Waals surface area (Å²) in [4.78, 5) is 22.7. The van der Waals surface area contributed by atoms with Crippen LogP contribution in [0.5, 0.6) is 0 Å². The summed E-state index contributed by atoms with van der Waals surface area (Å²) in [5.41, 5.74) is 6.89. The average Bonchev–Trinajstić information content (AvgIpc) is 2.84. The molecule has 1 heterocycles. The lowest BCUT2D eigenvalue weighted by molar-refractivity contribution is 0.102. The average molecular weight is 407 g/mol. The summed E-state index contributed by atoms with van der Waals surface area (Å²) >= 11 is 0. The number of amides is 1. The first-order valence-corrected chi connectivity index (χ1v) is 10.3. The summed E-state index contributed by atoms with van der Waals surface area (Å²) in [6.07, 6.45) is 1.55. The number of carbonyl (C=O) groups is 1. The third kappa shape index (κ3) is 3.71. The second-order valence-corrected chi connectivity index (χ2v) is 7.55. The number of aryl methyl sites for hydroxylation is 2. The van der Waals surface area contributed by atoms with Gasteiger partial charge in [0.2, 0.25) is 0 Å². The molecule has 0 radical (unpaired) electrons. The highest BCUT2D eigenvalue weighted by atomic mass is 16.3. The number of aliphatic hydroxyl groups excluding tert-OH is 1. The van der Waals surface area contributed by atoms with Crippen molar-refractivity contribution in [1.29, 1.82) is 0 Å². The Balaban J connectivity index is 1.63. The van der Waals surface area contributed by atoms with Crippen LogP contribution in [0.25, 0.3) is 22.5 Å². The molecule has 1 aromatic heterocycles. The molecule has 0 unspecified atom stereocenters. The zero-order chi connectivity index (χ0) is 21.2. The van der Waals surface area contributed by atoms with Crippen LogP contribution < -0.4 is 5.32 Å². The predicted octanol–water partition coefficient (Wildman–Crippen LogP) is 4.65. The van der Waals surface area contributed by atoms with Crippen molar-refractivity contribution in [2.45, 2.75) is 19.4 Å². The number of anilines is 1. The number of carbonyl (C=O) groups excluding carboxylic acids is 1. The lowest BCUT2D eigenvalue weighted by Gasteiger charge is -2.21. The van der Waals surface area contributed by atoms with Crippen molar-refractivity contribution in [1.82, 2.24) is 9.97 Å². The number of nitrogens with one attached hydrogen (secondary N) is 1. The van der Waals surface area contributed by atoms with Crippen LogP contribution in [0, 0.1) is 0 Å². The van der Waals surface area contributed by atoms with Crippen molar-refractivity contribution >= 4 is 11.7 Å². The summed E-state index contributed by atoms with van der Waals surface area (Å²) in [5.74, 6) is 0.255. The molecule has 4 aromatic rings. The van der Waals surface area contributed by atoms with E-state index in [9.17, 15) is 9.90 Å². The number of fused-ring (bicyclic) bond motifs is 3. The predicted molar refractivity (Wildman–Crippen MR) is 121 cm³/mol. The maximum atomic E-state index is 12.8. The second-order valence-electron chi connectivity index (χ2n) is 7.55. The molecule has 0 fully saturated rings. The van der Waals surface area contributed by atoms with Gasteiger partial charge in [0.1, 0.15) is 5.69 Å². The van der Waals surface area contributed by atoms with Gasteiger partial charge in [0.25, 0.3) is 5.91 Å². The fourth-order valence-electron chi connectivity index (χ4n) is 3.95. The summed E-state index contributed by atoms with van der Waals surface area (Å²) in [6.45, 7) is 0.0194. The summed E-state index contributed by atoms with van der Waals surface area (Å²) in [6, 6.07) is 24.8. The Morgan fingerprint density at radius 3 is 2.35 bits per heavy atom. The highest BCUT2D eigenvalue weighted by molar-refractivity contribution is 6.05. The number of hydrogen-bond donors (Lipinski definition) is 2. The molecule has 0 bridgehead atoms. The Kier molecular flexibility index (Phi) is 5.02. The maximum absolute atomic E-state index is 12.8. The highest BCUT2D eigenvalue weighted by Gasteiger charge is 2.23. The molecule has 3 aromatic carbocycles. The fourth-order valence-corrected chi connectivity index (χ4v) is 3.95. The largest absolute Gasteiger partial charge is 0.392 e. The van der Waals surface area contributed by atoms with E-state index in [2.05, 4.69) is 5.32 Å². The summed E-state index contributed by atoms with van der Waals surface area (Å²) in [7, 11) is 0. The molecule has 0 aliphatic heterocycles. The van der Waals surface area contributed by atoms with Crippen molar-refractivity contribution in [2.24, 2.45) is 0 Å². The molecule has 2 N–H and O–H groups in total. The van der Waals surface area contributed by atoms with Crippen LogP contribution in [0.2, 0.25) is 0 Å². The van der Waals surface area contributed by atoms with Gasteiger partial charge in [-0.1, -0.05) is 66.7 Å². The molecule has 31 heavy (non-hydrogen) atoms. The molecule has 1 aliphatic rings. The van der Waals surface area contributed by atoms with Gasteiger partial charge >= 0.3 is 0 Å². The molecule has 1 aliphatic carbocycles. The van der Waals surface area contributed by atoms with E-state index in [0.29, 0.717) is 17.1 Å². The van der Waals surface area contributed by atoms with Crippen LogP contribution >= 0.6 is 0 Å². The Labute approximate surface area is 180 Å². The smallest absolute Gasteiger partial charge is 0.256 e. The van der Waals surface area contributed by atoms with E-state index in [1.165, 1.54) is 0 Å². The van der Waals surface area contributed by atoms with E-state index in [1.807, 2.05) is 66.7 Å². The first-order valence-electron chi connectivity index (χ1n) is 10.3. The minimum atomic E-state index is -0.212. The van der Waals surface area contributed by atoms with E-state index in [1.54, 1.807) is 12.1 Å². The lowest BCUT2D eigenvalue weighted by atomic mass is 9.90. The molecule has 1 amide bonds. The normalized spacial score (nSPS) is 12.0. The van der Waals surface area contributed by atoms with E-state index >= 15 is 0 Å². The van der Waals surface area contributed by atoms with Crippen LogP contribution in [0.15, 0.2) is 78.9 Å². The first kappa shape index (κ1) is 19.2. The molecule has 5 nitrogen and oxygen atoms in total. The van der Waals surface area contributed by atoms with E-state index in [-0.39, 0.29) is 12.5 Å².